The molecule has 1 heterocycles. The van der Waals surface area contributed by atoms with Crippen LogP contribution in [0, 0.1) is 21.8 Å². The molecule has 1 aliphatic rings. The van der Waals surface area contributed by atoms with Crippen LogP contribution < -0.4 is 10.6 Å². The Morgan fingerprint density at radius 2 is 2.30 bits per heavy atom. The Kier molecular flexibility index (Phi) is 4.59. The number of hydrogen-bond donors (Lipinski definition) is 1. The average molecular weight is 346 g/mol. The molecule has 0 spiro atoms. The number of anilines is 1. The van der Waals surface area contributed by atoms with Gasteiger partial charge in [-0.05, 0) is 40.8 Å². The van der Waals surface area contributed by atoms with E-state index in [1.807, 2.05) is 4.90 Å². The highest BCUT2D eigenvalue weighted by Crippen LogP contribution is 2.37. The number of nitrogens with two attached hydrogens (primary N) is 1. The molecule has 0 bridgehead atoms. The van der Waals surface area contributed by atoms with Crippen molar-refractivity contribution >= 4 is 27.3 Å². The molecule has 1 saturated heterocycles. The summed E-state index contributed by atoms with van der Waals surface area (Å²) < 4.78 is 13.8. The molecule has 2 unspecified atom stereocenters. The second kappa shape index (κ2) is 6.05. The smallest absolute Gasteiger partial charge is 0.295 e. The van der Waals surface area contributed by atoms with Gasteiger partial charge in [0.2, 0.25) is 0 Å². The molecule has 5 nitrogen and oxygen atoms in total. The zero-order valence-corrected chi connectivity index (χ0v) is 12.8. The molecule has 0 aliphatic carbocycles. The average Bonchev–Trinajstić information content (AvgIpc) is 2.40. The van der Waals surface area contributed by atoms with Crippen molar-refractivity contribution in [2.75, 3.05) is 18.0 Å². The van der Waals surface area contributed by atoms with Crippen LogP contribution in [0.5, 0.6) is 0 Å². The number of hydrogen-bond acceptors (Lipinski definition) is 4. The Hall–Kier alpha value is -1.21. The van der Waals surface area contributed by atoms with Gasteiger partial charge >= 0.3 is 0 Å². The summed E-state index contributed by atoms with van der Waals surface area (Å²) in [6.07, 6.45) is 2.00. The van der Waals surface area contributed by atoms with Crippen LogP contribution in [0.4, 0.5) is 15.8 Å². The Balaban J connectivity index is 2.49. The van der Waals surface area contributed by atoms with E-state index in [-0.39, 0.29) is 16.2 Å². The third-order valence-electron chi connectivity index (χ3n) is 3.88. The highest BCUT2D eigenvalue weighted by Gasteiger charge is 2.32. The Labute approximate surface area is 125 Å². The summed E-state index contributed by atoms with van der Waals surface area (Å²) in [7, 11) is 0. The van der Waals surface area contributed by atoms with E-state index in [4.69, 9.17) is 5.73 Å². The number of benzene rings is 1. The maximum atomic E-state index is 13.5. The standard InChI is InChI=1S/C13H17BrFN3O2/c1-8-3-2-4-17(13(8)7-16)11-5-9(14)10(15)6-12(11)18(19)20/h5-6,8,13H,2-4,7,16H2,1H3. The van der Waals surface area contributed by atoms with Gasteiger partial charge in [0, 0.05) is 19.1 Å². The van der Waals surface area contributed by atoms with Crippen molar-refractivity contribution in [1.29, 1.82) is 0 Å². The van der Waals surface area contributed by atoms with Gasteiger partial charge in [-0.3, -0.25) is 10.1 Å². The van der Waals surface area contributed by atoms with E-state index in [0.29, 0.717) is 24.7 Å². The highest BCUT2D eigenvalue weighted by molar-refractivity contribution is 9.10. The molecule has 1 aromatic rings. The van der Waals surface area contributed by atoms with Crippen LogP contribution in [0.2, 0.25) is 0 Å². The molecule has 0 radical (unpaired) electrons. The van der Waals surface area contributed by atoms with E-state index in [2.05, 4.69) is 22.9 Å². The lowest BCUT2D eigenvalue weighted by molar-refractivity contribution is -0.384. The monoisotopic (exact) mass is 345 g/mol. The predicted molar refractivity (Wildman–Crippen MR) is 79.3 cm³/mol. The first kappa shape index (κ1) is 15.2. The largest absolute Gasteiger partial charge is 0.361 e. The Morgan fingerprint density at radius 1 is 1.60 bits per heavy atom. The lowest BCUT2D eigenvalue weighted by Crippen LogP contribution is -2.49. The molecule has 0 amide bonds. The van der Waals surface area contributed by atoms with Gasteiger partial charge in [-0.1, -0.05) is 6.92 Å². The number of nitro benzene ring substituents is 1. The molecule has 7 heteroatoms. The normalized spacial score (nSPS) is 22.9. The molecule has 1 fully saturated rings. The summed E-state index contributed by atoms with van der Waals surface area (Å²) in [6, 6.07) is 2.49. The van der Waals surface area contributed by atoms with Crippen LogP contribution in [0.1, 0.15) is 19.8 Å². The first-order valence-electron chi connectivity index (χ1n) is 6.55. The molecular formula is C13H17BrFN3O2. The topological polar surface area (TPSA) is 72.4 Å². The zero-order chi connectivity index (χ0) is 14.9. The fourth-order valence-electron chi connectivity index (χ4n) is 2.81. The molecule has 0 aromatic heterocycles. The van der Waals surface area contributed by atoms with Gasteiger partial charge in [-0.2, -0.15) is 0 Å². The van der Waals surface area contributed by atoms with Gasteiger partial charge < -0.3 is 10.6 Å². The van der Waals surface area contributed by atoms with Crippen molar-refractivity contribution in [1.82, 2.24) is 0 Å². The van der Waals surface area contributed by atoms with Crippen molar-refractivity contribution in [3.63, 3.8) is 0 Å². The van der Waals surface area contributed by atoms with Gasteiger partial charge in [-0.15, -0.1) is 0 Å². The van der Waals surface area contributed by atoms with Crippen molar-refractivity contribution in [3.05, 3.63) is 32.5 Å². The maximum absolute atomic E-state index is 13.5. The molecule has 110 valence electrons. The minimum atomic E-state index is -0.630. The van der Waals surface area contributed by atoms with Gasteiger partial charge in [0.25, 0.3) is 5.69 Å². The van der Waals surface area contributed by atoms with Crippen molar-refractivity contribution < 1.29 is 9.31 Å². The number of piperidine rings is 1. The quantitative estimate of drug-likeness (QED) is 0.674. The summed E-state index contributed by atoms with van der Waals surface area (Å²) in [4.78, 5) is 12.6. The number of nitrogens with zero attached hydrogens (tertiary/aromatic N) is 2. The van der Waals surface area contributed by atoms with Crippen molar-refractivity contribution in [2.45, 2.75) is 25.8 Å². The number of halogens is 2. The minimum Gasteiger partial charge on any atom is -0.361 e. The Morgan fingerprint density at radius 3 is 2.90 bits per heavy atom. The highest BCUT2D eigenvalue weighted by atomic mass is 79.9. The maximum Gasteiger partial charge on any atom is 0.295 e. The van der Waals surface area contributed by atoms with Crippen molar-refractivity contribution in [2.24, 2.45) is 11.7 Å². The van der Waals surface area contributed by atoms with Gasteiger partial charge in [0.15, 0.2) is 0 Å². The summed E-state index contributed by atoms with van der Waals surface area (Å²) in [6.45, 7) is 3.21. The lowest BCUT2D eigenvalue weighted by atomic mass is 9.90. The first-order chi connectivity index (χ1) is 9.45. The summed E-state index contributed by atoms with van der Waals surface area (Å²) >= 11 is 3.10. The summed E-state index contributed by atoms with van der Waals surface area (Å²) in [5.74, 6) is -0.271. The Bertz CT molecular complexity index is 527. The second-order valence-corrected chi connectivity index (χ2v) is 5.98. The van der Waals surface area contributed by atoms with Crippen LogP contribution in [0.15, 0.2) is 16.6 Å². The third-order valence-corrected chi connectivity index (χ3v) is 4.49. The van der Waals surface area contributed by atoms with Gasteiger partial charge in [0.05, 0.1) is 15.5 Å². The zero-order valence-electron chi connectivity index (χ0n) is 11.2. The van der Waals surface area contributed by atoms with Crippen LogP contribution in [-0.4, -0.2) is 24.1 Å². The minimum absolute atomic E-state index is 0.0415. The first-order valence-corrected chi connectivity index (χ1v) is 7.35. The van der Waals surface area contributed by atoms with E-state index in [1.54, 1.807) is 0 Å². The van der Waals surface area contributed by atoms with Crippen molar-refractivity contribution in [3.8, 4) is 0 Å². The molecule has 0 saturated carbocycles. The number of rotatable bonds is 3. The van der Waals surface area contributed by atoms with E-state index >= 15 is 0 Å². The molecule has 1 aromatic carbocycles. The SMILES string of the molecule is CC1CCCN(c2cc(Br)c(F)cc2[N+](=O)[O-])C1CN. The fraction of sp³-hybridized carbons (Fsp3) is 0.538. The third kappa shape index (κ3) is 2.78. The van der Waals surface area contributed by atoms with E-state index in [9.17, 15) is 14.5 Å². The molecule has 20 heavy (non-hydrogen) atoms. The lowest BCUT2D eigenvalue weighted by Gasteiger charge is -2.40. The molecule has 2 N–H and O–H groups in total. The molecule has 2 rings (SSSR count). The second-order valence-electron chi connectivity index (χ2n) is 5.13. The predicted octanol–water partition coefficient (Wildman–Crippen LogP) is 3.06. The van der Waals surface area contributed by atoms with Gasteiger partial charge in [0.1, 0.15) is 11.5 Å². The van der Waals surface area contributed by atoms with E-state index < -0.39 is 10.7 Å². The molecular weight excluding hydrogens is 329 g/mol. The van der Waals surface area contributed by atoms with E-state index in [1.165, 1.54) is 6.07 Å². The van der Waals surface area contributed by atoms with Crippen LogP contribution in [-0.2, 0) is 0 Å². The number of nitro groups is 1. The van der Waals surface area contributed by atoms with Gasteiger partial charge in [-0.25, -0.2) is 4.39 Å². The fourth-order valence-corrected chi connectivity index (χ4v) is 3.14. The van der Waals surface area contributed by atoms with Crippen LogP contribution in [0.3, 0.4) is 0 Å². The summed E-state index contributed by atoms with van der Waals surface area (Å²) in [5.41, 5.74) is 6.04. The molecule has 1 aliphatic heterocycles. The van der Waals surface area contributed by atoms with E-state index in [0.717, 1.165) is 18.9 Å². The summed E-state index contributed by atoms with van der Waals surface area (Å²) in [5, 5.41) is 11.2. The van der Waals surface area contributed by atoms with Crippen LogP contribution >= 0.6 is 15.9 Å². The molecule has 2 atom stereocenters. The van der Waals surface area contributed by atoms with Crippen LogP contribution in [0.25, 0.3) is 0 Å².